The quantitative estimate of drug-likeness (QED) is 0.732. The number of nitrogens with two attached hydrogens (primary N) is 1. The van der Waals surface area contributed by atoms with Crippen LogP contribution in [0.25, 0.3) is 22.4 Å². The van der Waals surface area contributed by atoms with Crippen molar-refractivity contribution in [2.45, 2.75) is 0 Å². The zero-order valence-corrected chi connectivity index (χ0v) is 11.8. The number of aromatic nitrogens is 1. The fourth-order valence-corrected chi connectivity index (χ4v) is 2.66. The number of hydrogen-bond donors (Lipinski definition) is 1. The number of hydrogen-bond acceptors (Lipinski definition) is 3. The lowest BCUT2D eigenvalue weighted by atomic mass is 10.0. The average Bonchev–Trinajstić information content (AvgIpc) is 2.82. The monoisotopic (exact) mass is 304 g/mol. The minimum atomic E-state index is 0.193. The topological polar surface area (TPSA) is 52.0 Å². The van der Waals surface area contributed by atoms with Gasteiger partial charge in [0.05, 0.1) is 15.6 Å². The van der Waals surface area contributed by atoms with E-state index in [4.69, 9.17) is 33.5 Å². The van der Waals surface area contributed by atoms with Crippen LogP contribution in [-0.4, -0.2) is 5.16 Å². The summed E-state index contributed by atoms with van der Waals surface area (Å²) in [6.07, 6.45) is 0. The zero-order valence-electron chi connectivity index (χ0n) is 10.3. The van der Waals surface area contributed by atoms with Gasteiger partial charge >= 0.3 is 0 Å². The van der Waals surface area contributed by atoms with E-state index in [0.29, 0.717) is 26.9 Å². The maximum Gasteiger partial charge on any atom is 0.230 e. The van der Waals surface area contributed by atoms with Crippen LogP contribution in [0.5, 0.6) is 0 Å². The van der Waals surface area contributed by atoms with E-state index in [0.717, 1.165) is 5.56 Å². The number of benzene rings is 2. The molecule has 0 bridgehead atoms. The molecule has 100 valence electrons. The summed E-state index contributed by atoms with van der Waals surface area (Å²) in [4.78, 5) is 0. The Labute approximate surface area is 125 Å². The van der Waals surface area contributed by atoms with E-state index in [2.05, 4.69) is 5.16 Å². The first-order valence-corrected chi connectivity index (χ1v) is 6.69. The van der Waals surface area contributed by atoms with Gasteiger partial charge in [0.25, 0.3) is 0 Å². The lowest BCUT2D eigenvalue weighted by Gasteiger charge is -2.07. The third-order valence-electron chi connectivity index (χ3n) is 2.98. The van der Waals surface area contributed by atoms with Crippen molar-refractivity contribution < 1.29 is 4.52 Å². The van der Waals surface area contributed by atoms with E-state index < -0.39 is 0 Å². The molecular formula is C15H10Cl2N2O. The summed E-state index contributed by atoms with van der Waals surface area (Å²) < 4.78 is 5.12. The number of nitrogen functional groups attached to an aromatic ring is 1. The molecule has 3 nitrogen and oxygen atoms in total. The van der Waals surface area contributed by atoms with E-state index in [1.807, 2.05) is 30.3 Å². The Kier molecular flexibility index (Phi) is 3.38. The summed E-state index contributed by atoms with van der Waals surface area (Å²) in [6, 6.07) is 14.9. The third-order valence-corrected chi connectivity index (χ3v) is 3.61. The fourth-order valence-electron chi connectivity index (χ4n) is 2.07. The van der Waals surface area contributed by atoms with Gasteiger partial charge in [0.15, 0.2) is 0 Å². The van der Waals surface area contributed by atoms with E-state index in [9.17, 15) is 0 Å². The Bertz CT molecular complexity index is 734. The SMILES string of the molecule is Nc1onc(-c2ccccc2)c1-c1c(Cl)cccc1Cl. The van der Waals surface area contributed by atoms with Crippen molar-refractivity contribution in [1.82, 2.24) is 5.16 Å². The maximum atomic E-state index is 6.24. The highest BCUT2D eigenvalue weighted by Gasteiger charge is 2.21. The molecule has 0 spiro atoms. The molecule has 0 unspecified atom stereocenters. The summed E-state index contributed by atoms with van der Waals surface area (Å²) >= 11 is 12.5. The number of anilines is 1. The molecule has 2 N–H and O–H groups in total. The van der Waals surface area contributed by atoms with E-state index in [-0.39, 0.29) is 5.88 Å². The molecule has 0 amide bonds. The van der Waals surface area contributed by atoms with Crippen LogP contribution < -0.4 is 5.73 Å². The van der Waals surface area contributed by atoms with Gasteiger partial charge in [-0.2, -0.15) is 0 Å². The Morgan fingerprint density at radius 2 is 1.50 bits per heavy atom. The van der Waals surface area contributed by atoms with Crippen molar-refractivity contribution in [2.24, 2.45) is 0 Å². The molecule has 0 aliphatic rings. The van der Waals surface area contributed by atoms with Crippen molar-refractivity contribution in [3.8, 4) is 22.4 Å². The summed E-state index contributed by atoms with van der Waals surface area (Å²) in [7, 11) is 0. The number of halogens is 2. The van der Waals surface area contributed by atoms with Crippen LogP contribution in [0.15, 0.2) is 53.1 Å². The van der Waals surface area contributed by atoms with Crippen LogP contribution in [0.2, 0.25) is 10.0 Å². The highest BCUT2D eigenvalue weighted by molar-refractivity contribution is 6.39. The first kappa shape index (κ1) is 13.0. The number of nitrogens with zero attached hydrogens (tertiary/aromatic N) is 1. The minimum absolute atomic E-state index is 0.193. The molecule has 2 aromatic carbocycles. The normalized spacial score (nSPS) is 10.7. The second-order valence-electron chi connectivity index (χ2n) is 4.23. The van der Waals surface area contributed by atoms with Crippen LogP contribution in [-0.2, 0) is 0 Å². The predicted molar refractivity (Wildman–Crippen MR) is 81.8 cm³/mol. The van der Waals surface area contributed by atoms with Gasteiger partial charge < -0.3 is 10.3 Å². The summed E-state index contributed by atoms with van der Waals surface area (Å²) in [6.45, 7) is 0. The summed E-state index contributed by atoms with van der Waals surface area (Å²) in [5, 5.41) is 5.04. The highest BCUT2D eigenvalue weighted by atomic mass is 35.5. The number of rotatable bonds is 2. The highest BCUT2D eigenvalue weighted by Crippen LogP contribution is 2.43. The van der Waals surface area contributed by atoms with Gasteiger partial charge in [-0.3, -0.25) is 0 Å². The van der Waals surface area contributed by atoms with Crippen molar-refractivity contribution in [3.05, 3.63) is 58.6 Å². The van der Waals surface area contributed by atoms with Crippen molar-refractivity contribution in [2.75, 3.05) is 5.73 Å². The van der Waals surface area contributed by atoms with Crippen molar-refractivity contribution in [1.29, 1.82) is 0 Å². The molecule has 0 radical (unpaired) electrons. The predicted octanol–water partition coefficient (Wildman–Crippen LogP) is 4.90. The molecule has 3 rings (SSSR count). The Morgan fingerprint density at radius 1 is 0.850 bits per heavy atom. The van der Waals surface area contributed by atoms with Gasteiger partial charge in [0.2, 0.25) is 5.88 Å². The van der Waals surface area contributed by atoms with E-state index in [1.165, 1.54) is 0 Å². The molecule has 5 heteroatoms. The second-order valence-corrected chi connectivity index (χ2v) is 5.05. The molecule has 0 atom stereocenters. The third kappa shape index (κ3) is 2.15. The van der Waals surface area contributed by atoms with Gasteiger partial charge in [-0.15, -0.1) is 0 Å². The molecule has 0 saturated heterocycles. The smallest absolute Gasteiger partial charge is 0.230 e. The molecule has 0 aliphatic carbocycles. The van der Waals surface area contributed by atoms with Gasteiger partial charge in [-0.1, -0.05) is 64.8 Å². The lowest BCUT2D eigenvalue weighted by molar-refractivity contribution is 0.439. The lowest BCUT2D eigenvalue weighted by Crippen LogP contribution is -1.89. The van der Waals surface area contributed by atoms with Gasteiger partial charge in [0.1, 0.15) is 5.69 Å². The molecule has 1 heterocycles. The van der Waals surface area contributed by atoms with Crippen LogP contribution in [0.3, 0.4) is 0 Å². The molecule has 0 aliphatic heterocycles. The van der Waals surface area contributed by atoms with Crippen LogP contribution in [0, 0.1) is 0 Å². The van der Waals surface area contributed by atoms with Gasteiger partial charge in [-0.05, 0) is 12.1 Å². The molecule has 20 heavy (non-hydrogen) atoms. The maximum absolute atomic E-state index is 6.24. The Morgan fingerprint density at radius 3 is 2.15 bits per heavy atom. The van der Waals surface area contributed by atoms with Crippen LogP contribution in [0.1, 0.15) is 0 Å². The zero-order chi connectivity index (χ0) is 14.1. The van der Waals surface area contributed by atoms with E-state index >= 15 is 0 Å². The van der Waals surface area contributed by atoms with Gasteiger partial charge in [-0.25, -0.2) is 0 Å². The molecule has 1 aromatic heterocycles. The Balaban J connectivity index is 2.28. The standard InChI is InChI=1S/C15H10Cl2N2O/c16-10-7-4-8-11(17)12(10)13-14(19-20-15(13)18)9-5-2-1-3-6-9/h1-8H,18H2. The van der Waals surface area contributed by atoms with Crippen LogP contribution in [0.4, 0.5) is 5.88 Å². The summed E-state index contributed by atoms with van der Waals surface area (Å²) in [5.74, 6) is 0.193. The van der Waals surface area contributed by atoms with E-state index in [1.54, 1.807) is 18.2 Å². The second kappa shape index (κ2) is 5.19. The Hall–Kier alpha value is -1.97. The molecular weight excluding hydrogens is 295 g/mol. The first-order valence-electron chi connectivity index (χ1n) is 5.93. The first-order chi connectivity index (χ1) is 9.68. The van der Waals surface area contributed by atoms with Crippen molar-refractivity contribution in [3.63, 3.8) is 0 Å². The van der Waals surface area contributed by atoms with Gasteiger partial charge in [0, 0.05) is 11.1 Å². The molecule has 0 saturated carbocycles. The van der Waals surface area contributed by atoms with Crippen LogP contribution >= 0.6 is 23.2 Å². The molecule has 3 aromatic rings. The van der Waals surface area contributed by atoms with Crippen molar-refractivity contribution >= 4 is 29.1 Å². The largest absolute Gasteiger partial charge is 0.367 e. The average molecular weight is 305 g/mol. The summed E-state index contributed by atoms with van der Waals surface area (Å²) in [5.41, 5.74) is 8.66. The fraction of sp³-hybridized carbons (Fsp3) is 0. The minimum Gasteiger partial charge on any atom is -0.367 e. The molecule has 0 fully saturated rings.